The van der Waals surface area contributed by atoms with E-state index in [0.717, 1.165) is 0 Å². The zero-order valence-electron chi connectivity index (χ0n) is 21.8. The highest BCUT2D eigenvalue weighted by molar-refractivity contribution is 9.09. The normalized spacial score (nSPS) is 16.9. The molecule has 0 spiro atoms. The van der Waals surface area contributed by atoms with Crippen molar-refractivity contribution in [1.82, 2.24) is 0 Å². The molecule has 0 aromatic carbocycles. The summed E-state index contributed by atoms with van der Waals surface area (Å²) >= 11 is 2.81. The molecule has 0 aliphatic heterocycles. The fourth-order valence-corrected chi connectivity index (χ4v) is 2.85. The lowest BCUT2D eigenvalue weighted by atomic mass is 9.86. The number of aliphatic hydroxyl groups is 1. The smallest absolute Gasteiger partial charge is 0.460 e. The maximum Gasteiger partial charge on any atom is 0.460 e. The predicted octanol–water partition coefficient (Wildman–Crippen LogP) is 7.23. The second-order valence-electron chi connectivity index (χ2n) is 9.03. The lowest BCUT2D eigenvalue weighted by molar-refractivity contribution is -0.474. The highest BCUT2D eigenvalue weighted by atomic mass is 79.9. The van der Waals surface area contributed by atoms with Crippen LogP contribution >= 0.6 is 15.9 Å². The minimum atomic E-state index is -9.19. The molecule has 0 radical (unpaired) electrons. The van der Waals surface area contributed by atoms with E-state index in [-0.39, 0.29) is 5.33 Å². The molecule has 0 amide bonds. The average molecular weight is 824 g/mol. The summed E-state index contributed by atoms with van der Waals surface area (Å²) in [4.78, 5) is 0. The third kappa shape index (κ3) is 8.52. The van der Waals surface area contributed by atoms with Gasteiger partial charge in [-0.15, -0.1) is 0 Å². The number of hydrogen-bond acceptors (Lipinski definition) is 5. The maximum atomic E-state index is 13.8. The van der Waals surface area contributed by atoms with E-state index in [1.165, 1.54) is 6.92 Å². The number of ether oxygens (including phenoxy) is 1. The van der Waals surface area contributed by atoms with Crippen molar-refractivity contribution in [3.05, 3.63) is 0 Å². The molecule has 2 unspecified atom stereocenters. The molecule has 0 aromatic heterocycles. The summed E-state index contributed by atoms with van der Waals surface area (Å²) in [7, 11) is -3.92. The standard InChI is InChI=1S/C17H14BrF21O2.CH4O3S/c1-6(4-18)7(40)5-41-3-2-8(19,20)9(21,22)10(23,24)11(25,26)12(27,28)13(29,30)14(31,32)15(33,34)16(35,36)17(37,38)39;1-5(2,3)4/h6-7,40H,2-5H2,1H3;1H3,(H,2,3,4)/p-1. The summed E-state index contributed by atoms with van der Waals surface area (Å²) in [6.45, 7) is -1.65. The molecular formula is C18H17BrF21O5S-. The van der Waals surface area contributed by atoms with Gasteiger partial charge in [0.1, 0.15) is 0 Å². The Hall–Kier alpha value is -1.16. The van der Waals surface area contributed by atoms with Crippen LogP contribution in [-0.4, -0.2) is 108 Å². The van der Waals surface area contributed by atoms with Gasteiger partial charge < -0.3 is 14.4 Å². The molecule has 28 heteroatoms. The summed E-state index contributed by atoms with van der Waals surface area (Å²) in [5.41, 5.74) is 0. The fourth-order valence-electron chi connectivity index (χ4n) is 2.42. The molecule has 0 heterocycles. The molecule has 0 aliphatic rings. The van der Waals surface area contributed by atoms with Gasteiger partial charge >= 0.3 is 59.5 Å². The van der Waals surface area contributed by atoms with Gasteiger partial charge in [0, 0.05) is 18.0 Å². The monoisotopic (exact) mass is 823 g/mol. The molecule has 5 nitrogen and oxygen atoms in total. The van der Waals surface area contributed by atoms with E-state index in [1.807, 2.05) is 0 Å². The SMILES string of the molecule is CC(CBr)C(O)COCCC(F)(F)C(F)(F)C(F)(F)C(F)(F)C(F)(F)C(F)(F)C(F)(F)C(F)(F)C(F)(F)C(F)(F)F.CS(=O)(=O)[O-]. The number of alkyl halides is 22. The van der Waals surface area contributed by atoms with Crippen LogP contribution < -0.4 is 0 Å². The topological polar surface area (TPSA) is 86.7 Å². The van der Waals surface area contributed by atoms with Gasteiger partial charge in [0.15, 0.2) is 0 Å². The zero-order chi connectivity index (χ0) is 38.2. The van der Waals surface area contributed by atoms with Crippen LogP contribution in [0.5, 0.6) is 0 Å². The van der Waals surface area contributed by atoms with Crippen molar-refractivity contribution >= 4 is 26.0 Å². The zero-order valence-corrected chi connectivity index (χ0v) is 24.2. The Bertz CT molecular complexity index is 1100. The summed E-state index contributed by atoms with van der Waals surface area (Å²) < 4.78 is 310. The number of rotatable bonds is 15. The first-order chi connectivity index (χ1) is 19.6. The molecule has 0 saturated heterocycles. The molecule has 0 aromatic rings. The molecular weight excluding hydrogens is 807 g/mol. The second kappa shape index (κ2) is 14.0. The second-order valence-corrected chi connectivity index (χ2v) is 11.1. The Morgan fingerprint density at radius 1 is 0.630 bits per heavy atom. The van der Waals surface area contributed by atoms with Crippen LogP contribution in [0.3, 0.4) is 0 Å². The average Bonchev–Trinajstić information content (AvgIpc) is 2.83. The Kier molecular flexibility index (Phi) is 14.3. The summed E-state index contributed by atoms with van der Waals surface area (Å²) in [6.07, 6.45) is -11.8. The van der Waals surface area contributed by atoms with Crippen LogP contribution in [0, 0.1) is 5.92 Å². The first kappa shape index (κ1) is 47.0. The molecule has 280 valence electrons. The van der Waals surface area contributed by atoms with Crippen molar-refractivity contribution in [2.45, 2.75) is 78.9 Å². The first-order valence-electron chi connectivity index (χ1n) is 10.8. The predicted molar refractivity (Wildman–Crippen MR) is 111 cm³/mol. The summed E-state index contributed by atoms with van der Waals surface area (Å²) in [5, 5.41) is 9.44. The molecule has 0 aliphatic carbocycles. The van der Waals surface area contributed by atoms with E-state index in [0.29, 0.717) is 6.26 Å². The number of aliphatic hydroxyl groups excluding tert-OH is 1. The van der Waals surface area contributed by atoms with Crippen LogP contribution in [0.15, 0.2) is 0 Å². The van der Waals surface area contributed by atoms with E-state index in [9.17, 15) is 97.3 Å². The van der Waals surface area contributed by atoms with E-state index < -0.39 is 101 Å². The van der Waals surface area contributed by atoms with Crippen molar-refractivity contribution in [3.63, 3.8) is 0 Å². The maximum absolute atomic E-state index is 13.8. The van der Waals surface area contributed by atoms with Gasteiger partial charge in [-0.05, 0) is 5.92 Å². The van der Waals surface area contributed by atoms with Crippen LogP contribution in [0.1, 0.15) is 13.3 Å². The van der Waals surface area contributed by atoms with Gasteiger partial charge in [-0.3, -0.25) is 0 Å². The third-order valence-electron chi connectivity index (χ3n) is 5.32. The highest BCUT2D eigenvalue weighted by Gasteiger charge is 2.97. The van der Waals surface area contributed by atoms with Gasteiger partial charge in [0.05, 0.1) is 29.4 Å². The van der Waals surface area contributed by atoms with E-state index >= 15 is 0 Å². The minimum Gasteiger partial charge on any atom is -0.748 e. The molecule has 1 N–H and O–H groups in total. The fraction of sp³-hybridized carbons (Fsp3) is 1.00. The Labute approximate surface area is 251 Å². The van der Waals surface area contributed by atoms with Crippen LogP contribution in [0.2, 0.25) is 0 Å². The molecule has 2 atom stereocenters. The lowest BCUT2D eigenvalue weighted by Gasteiger charge is -2.44. The molecule has 0 fully saturated rings. The van der Waals surface area contributed by atoms with Crippen molar-refractivity contribution in [1.29, 1.82) is 0 Å². The van der Waals surface area contributed by atoms with Gasteiger partial charge in [0.25, 0.3) is 0 Å². The Balaban J connectivity index is 0. The third-order valence-corrected chi connectivity index (χ3v) is 6.35. The summed E-state index contributed by atoms with van der Waals surface area (Å²) in [5.74, 6) is -77.9. The van der Waals surface area contributed by atoms with E-state index in [4.69, 9.17) is 13.0 Å². The first-order valence-corrected chi connectivity index (χ1v) is 13.7. The largest absolute Gasteiger partial charge is 0.748 e. The molecule has 0 rings (SSSR count). The number of hydrogen-bond donors (Lipinski definition) is 1. The molecule has 0 saturated carbocycles. The summed E-state index contributed by atoms with van der Waals surface area (Å²) in [6, 6.07) is 0. The Morgan fingerprint density at radius 3 is 1.15 bits per heavy atom. The van der Waals surface area contributed by atoms with Gasteiger partial charge in [-0.25, -0.2) is 8.42 Å². The quantitative estimate of drug-likeness (QED) is 0.0817. The molecule has 46 heavy (non-hydrogen) atoms. The van der Waals surface area contributed by atoms with Gasteiger partial charge in [-0.1, -0.05) is 22.9 Å². The van der Waals surface area contributed by atoms with Crippen molar-refractivity contribution in [2.24, 2.45) is 5.92 Å². The van der Waals surface area contributed by atoms with Crippen LogP contribution in [-0.2, 0) is 14.9 Å². The van der Waals surface area contributed by atoms with Gasteiger partial charge in [0.2, 0.25) is 0 Å². The van der Waals surface area contributed by atoms with Crippen LogP contribution in [0.4, 0.5) is 92.2 Å². The van der Waals surface area contributed by atoms with Crippen molar-refractivity contribution in [3.8, 4) is 0 Å². The molecule has 0 bridgehead atoms. The van der Waals surface area contributed by atoms with Crippen molar-refractivity contribution in [2.75, 3.05) is 24.8 Å². The Morgan fingerprint density at radius 2 is 0.891 bits per heavy atom. The van der Waals surface area contributed by atoms with Crippen molar-refractivity contribution < 1.29 is 115 Å². The van der Waals surface area contributed by atoms with E-state index in [2.05, 4.69) is 20.7 Å². The lowest BCUT2D eigenvalue weighted by Crippen LogP contribution is -2.76. The number of halogens is 22. The van der Waals surface area contributed by atoms with Crippen LogP contribution in [0.25, 0.3) is 0 Å². The van der Waals surface area contributed by atoms with Gasteiger partial charge in [-0.2, -0.15) is 92.2 Å². The highest BCUT2D eigenvalue weighted by Crippen LogP contribution is 2.66. The minimum absolute atomic E-state index is 0.00470. The van der Waals surface area contributed by atoms with E-state index in [1.54, 1.807) is 0 Å².